The van der Waals surface area contributed by atoms with E-state index in [-0.39, 0.29) is 72.5 Å². The molecular formula is C48H75NO10. The monoisotopic (exact) mass is 826 g/mol. The van der Waals surface area contributed by atoms with Crippen LogP contribution in [0.3, 0.4) is 0 Å². The van der Waals surface area contributed by atoms with Crippen molar-refractivity contribution in [1.29, 1.82) is 0 Å². The fraction of sp³-hybridized carbons (Fsp3) is 0.833. The van der Waals surface area contributed by atoms with Gasteiger partial charge in [-0.25, -0.2) is 0 Å². The molecule has 0 aromatic carbocycles. The molecule has 332 valence electrons. The summed E-state index contributed by atoms with van der Waals surface area (Å²) in [6, 6.07) is -0.362. The number of carbonyl (C=O) groups excluding carboxylic acids is 2. The smallest absolute Gasteiger partial charge is 0.312 e. The molecule has 11 nitrogen and oxygen atoms in total. The van der Waals surface area contributed by atoms with Crippen LogP contribution < -0.4 is 5.32 Å². The van der Waals surface area contributed by atoms with E-state index in [0.717, 1.165) is 12.8 Å². The van der Waals surface area contributed by atoms with Crippen molar-refractivity contribution in [2.24, 2.45) is 41.4 Å². The zero-order chi connectivity index (χ0) is 43.5. The van der Waals surface area contributed by atoms with Gasteiger partial charge in [0.2, 0.25) is 0 Å². The van der Waals surface area contributed by atoms with Crippen LogP contribution in [0, 0.1) is 66.1 Å². The van der Waals surface area contributed by atoms with Gasteiger partial charge in [-0.15, -0.1) is 12.8 Å². The number of ether oxygens (including phenoxy) is 6. The molecule has 11 heteroatoms. The summed E-state index contributed by atoms with van der Waals surface area (Å²) < 4.78 is 39.9. The molecule has 0 bridgehead atoms. The number of rotatable bonds is 15. The molecule has 18 atom stereocenters. The third kappa shape index (κ3) is 9.54. The Bertz CT molecular complexity index is 1570. The molecule has 5 aliphatic rings. The average Bonchev–Trinajstić information content (AvgIpc) is 3.56. The average molecular weight is 826 g/mol. The number of nitrogens with one attached hydrogen (secondary N) is 1. The summed E-state index contributed by atoms with van der Waals surface area (Å²) in [5.74, 6) is 0.366. The SMILES string of the molecule is C#CCN[C@@H]1C=C[C@]2(O[C@H]([C@@H](CC)C(=O)[C@@H](C)[C@@H](O)[C@H](C)C3O[C@@H](C(CC)C(=O)OCC#C)CC[C@@H]3C)[C@@H](C)C[C@H]2C)O[C@@]12CC[C@@](C)([C@H]1CC[C@](O)(CC)[C@H](C)O1)O2. The molecule has 5 aliphatic heterocycles. The van der Waals surface area contributed by atoms with Crippen molar-refractivity contribution in [1.82, 2.24) is 5.32 Å². The highest BCUT2D eigenvalue weighted by atomic mass is 16.8. The first-order chi connectivity index (χ1) is 27.9. The van der Waals surface area contributed by atoms with Gasteiger partial charge in [0.25, 0.3) is 0 Å². The lowest BCUT2D eigenvalue weighted by atomic mass is 9.72. The fourth-order valence-corrected chi connectivity index (χ4v) is 11.1. The van der Waals surface area contributed by atoms with Crippen molar-refractivity contribution >= 4 is 11.8 Å². The minimum absolute atomic E-state index is 0.0309. The lowest BCUT2D eigenvalue weighted by Gasteiger charge is -2.55. The summed E-state index contributed by atoms with van der Waals surface area (Å²) in [7, 11) is 0. The number of Topliss-reactive ketones (excluding diaryl/α,β-unsaturated/α-hetero) is 1. The van der Waals surface area contributed by atoms with Crippen LogP contribution in [0.25, 0.3) is 0 Å². The van der Waals surface area contributed by atoms with Gasteiger partial charge in [-0.1, -0.05) is 73.3 Å². The fourth-order valence-electron chi connectivity index (χ4n) is 11.1. The maximum Gasteiger partial charge on any atom is 0.312 e. The van der Waals surface area contributed by atoms with Crippen molar-refractivity contribution in [2.75, 3.05) is 13.2 Å². The molecule has 0 saturated carbocycles. The second-order valence-corrected chi connectivity index (χ2v) is 19.0. The van der Waals surface area contributed by atoms with E-state index in [1.54, 1.807) is 0 Å². The summed E-state index contributed by atoms with van der Waals surface area (Å²) in [6.07, 6.45) is 18.8. The molecule has 0 aliphatic carbocycles. The number of esters is 1. The quantitative estimate of drug-likeness (QED) is 0.0946. The Morgan fingerprint density at radius 1 is 0.932 bits per heavy atom. The lowest BCUT2D eigenvalue weighted by molar-refractivity contribution is -0.398. The van der Waals surface area contributed by atoms with Crippen LogP contribution in [0.15, 0.2) is 12.2 Å². The molecule has 3 N–H and O–H groups in total. The van der Waals surface area contributed by atoms with E-state index < -0.39 is 52.7 Å². The number of hydrogen-bond donors (Lipinski definition) is 3. The number of ketones is 1. The molecule has 0 radical (unpaired) electrons. The van der Waals surface area contributed by atoms with E-state index in [1.165, 1.54) is 0 Å². The second kappa shape index (κ2) is 19.4. The van der Waals surface area contributed by atoms with Crippen LogP contribution in [0.4, 0.5) is 0 Å². The molecule has 59 heavy (non-hydrogen) atoms. The van der Waals surface area contributed by atoms with Crippen molar-refractivity contribution in [2.45, 2.75) is 199 Å². The second-order valence-electron chi connectivity index (χ2n) is 19.0. The maximum atomic E-state index is 14.7. The van der Waals surface area contributed by atoms with E-state index in [2.05, 4.69) is 50.9 Å². The van der Waals surface area contributed by atoms with Crippen molar-refractivity contribution < 1.29 is 48.2 Å². The number of hydrogen-bond acceptors (Lipinski definition) is 11. The van der Waals surface area contributed by atoms with Crippen molar-refractivity contribution in [3.63, 3.8) is 0 Å². The van der Waals surface area contributed by atoms with Gasteiger partial charge in [0.1, 0.15) is 5.78 Å². The van der Waals surface area contributed by atoms with Gasteiger partial charge in [-0.2, -0.15) is 0 Å². The highest BCUT2D eigenvalue weighted by molar-refractivity contribution is 5.84. The molecule has 0 aromatic heterocycles. The first-order valence-corrected chi connectivity index (χ1v) is 22.7. The zero-order valence-electron chi connectivity index (χ0n) is 37.5. The first kappa shape index (κ1) is 47.7. The summed E-state index contributed by atoms with van der Waals surface area (Å²) in [5, 5.41) is 26.5. The summed E-state index contributed by atoms with van der Waals surface area (Å²) in [5.41, 5.74) is -1.56. The van der Waals surface area contributed by atoms with Crippen LogP contribution in [-0.2, 0) is 38.0 Å². The molecule has 0 aromatic rings. The van der Waals surface area contributed by atoms with E-state index in [0.29, 0.717) is 57.9 Å². The van der Waals surface area contributed by atoms with Crippen molar-refractivity contribution in [3.05, 3.63) is 12.2 Å². The Morgan fingerprint density at radius 2 is 1.64 bits per heavy atom. The van der Waals surface area contributed by atoms with E-state index in [4.69, 9.17) is 41.3 Å². The summed E-state index contributed by atoms with van der Waals surface area (Å²) >= 11 is 0. The van der Waals surface area contributed by atoms with Crippen LogP contribution in [0.5, 0.6) is 0 Å². The minimum Gasteiger partial charge on any atom is -0.452 e. The van der Waals surface area contributed by atoms with Crippen LogP contribution >= 0.6 is 0 Å². The number of aliphatic hydroxyl groups is 2. The van der Waals surface area contributed by atoms with Crippen LogP contribution in [0.1, 0.15) is 133 Å². The minimum atomic E-state index is -1.18. The van der Waals surface area contributed by atoms with E-state index in [9.17, 15) is 19.8 Å². The lowest BCUT2D eigenvalue weighted by Crippen LogP contribution is -2.65. The van der Waals surface area contributed by atoms with Gasteiger partial charge in [-0.05, 0) is 89.5 Å². The number of aliphatic hydroxyl groups excluding tert-OH is 1. The Balaban J connectivity index is 1.34. The Kier molecular flexibility index (Phi) is 15.7. The molecule has 4 saturated heterocycles. The maximum absolute atomic E-state index is 14.7. The number of carbonyl (C=O) groups is 2. The summed E-state index contributed by atoms with van der Waals surface area (Å²) in [6.45, 7) is 20.3. The standard InChI is InChI=1S/C48H75NO10/c1-13-26-49-38-20-23-47(59-48(38)25-24-45(12,58-48)39-21-22-46(53,17-5)34(11)55-39)31(8)28-30(7)43(57-47)36(16-4)41(51)32(9)40(50)33(10)42-29(6)18-19-37(56-42)35(15-3)44(52)54-27-14-2/h1-2,20,23,29-40,42-43,49-50,53H,15-19,21-22,24-28H2,3-12H3/t29-,30-,31+,32-,33-,34-,35?,36-,37+,38+,39+,40+,42?,43-,45-,46+,47-,48-/m0/s1. The largest absolute Gasteiger partial charge is 0.452 e. The van der Waals surface area contributed by atoms with Crippen LogP contribution in [0.2, 0.25) is 0 Å². The Hall–Kier alpha value is -2.32. The van der Waals surface area contributed by atoms with Crippen LogP contribution in [-0.4, -0.2) is 101 Å². The van der Waals surface area contributed by atoms with Gasteiger partial charge in [-0.3, -0.25) is 14.9 Å². The molecule has 2 spiro atoms. The van der Waals surface area contributed by atoms with E-state index in [1.807, 2.05) is 47.6 Å². The van der Waals surface area contributed by atoms with Gasteiger partial charge < -0.3 is 38.6 Å². The predicted molar refractivity (Wildman–Crippen MR) is 225 cm³/mol. The Morgan fingerprint density at radius 3 is 2.27 bits per heavy atom. The highest BCUT2D eigenvalue weighted by Crippen LogP contribution is 2.54. The molecule has 2 unspecified atom stereocenters. The molecule has 0 amide bonds. The highest BCUT2D eigenvalue weighted by Gasteiger charge is 2.63. The van der Waals surface area contributed by atoms with E-state index >= 15 is 0 Å². The molecule has 5 heterocycles. The molecular weight excluding hydrogens is 751 g/mol. The van der Waals surface area contributed by atoms with Gasteiger partial charge in [0.15, 0.2) is 18.2 Å². The summed E-state index contributed by atoms with van der Waals surface area (Å²) in [4.78, 5) is 27.5. The molecule has 4 fully saturated rings. The Labute approximate surface area is 354 Å². The van der Waals surface area contributed by atoms with Gasteiger partial charge in [0.05, 0.1) is 66.3 Å². The third-order valence-electron chi connectivity index (χ3n) is 15.2. The normalized spacial score (nSPS) is 42.3. The molecule has 5 rings (SSSR count). The number of terminal acetylenes is 2. The zero-order valence-corrected chi connectivity index (χ0v) is 37.5. The third-order valence-corrected chi connectivity index (χ3v) is 15.2. The van der Waals surface area contributed by atoms with Gasteiger partial charge >= 0.3 is 5.97 Å². The van der Waals surface area contributed by atoms with Crippen molar-refractivity contribution in [3.8, 4) is 24.7 Å². The topological polar surface area (TPSA) is 142 Å². The van der Waals surface area contributed by atoms with Gasteiger partial charge in [0, 0.05) is 30.1 Å². The predicted octanol–water partition coefficient (Wildman–Crippen LogP) is 6.51. The first-order valence-electron chi connectivity index (χ1n) is 22.7.